The molecule has 112 valence electrons. The summed E-state index contributed by atoms with van der Waals surface area (Å²) in [7, 11) is 0. The zero-order valence-electron chi connectivity index (χ0n) is 12.6. The monoisotopic (exact) mass is 340 g/mol. The number of nitrogens with zero attached hydrogens (tertiary/aromatic N) is 2. The van der Waals surface area contributed by atoms with Gasteiger partial charge in [-0.05, 0) is 48.2 Å². The Bertz CT molecular complexity index is 449. The minimum Gasteiger partial charge on any atom is -0.342 e. The SMILES string of the molecule is CCCn1cc(Br)cc1C(=O)N(CC)C1CCCCC1. The van der Waals surface area contributed by atoms with Gasteiger partial charge in [-0.25, -0.2) is 0 Å². The summed E-state index contributed by atoms with van der Waals surface area (Å²) in [6.07, 6.45) is 9.22. The highest BCUT2D eigenvalue weighted by atomic mass is 79.9. The van der Waals surface area contributed by atoms with Gasteiger partial charge in [-0.1, -0.05) is 26.2 Å². The summed E-state index contributed by atoms with van der Waals surface area (Å²) in [4.78, 5) is 14.9. The van der Waals surface area contributed by atoms with Gasteiger partial charge in [-0.2, -0.15) is 0 Å². The van der Waals surface area contributed by atoms with Crippen LogP contribution in [0.15, 0.2) is 16.7 Å². The van der Waals surface area contributed by atoms with Crippen LogP contribution in [0.25, 0.3) is 0 Å². The molecule has 0 unspecified atom stereocenters. The molecule has 20 heavy (non-hydrogen) atoms. The van der Waals surface area contributed by atoms with Gasteiger partial charge in [-0.15, -0.1) is 0 Å². The highest BCUT2D eigenvalue weighted by Crippen LogP contribution is 2.25. The predicted octanol–water partition coefficient (Wildman–Crippen LogP) is 4.46. The third-order valence-electron chi connectivity index (χ3n) is 4.16. The standard InChI is InChI=1S/C16H25BrN2O/c1-3-10-18-12-13(17)11-15(18)16(20)19(4-2)14-8-6-5-7-9-14/h11-12,14H,3-10H2,1-2H3. The maximum absolute atomic E-state index is 12.9. The normalized spacial score (nSPS) is 16.4. The topological polar surface area (TPSA) is 25.2 Å². The number of halogens is 1. The Morgan fingerprint density at radius 2 is 2.05 bits per heavy atom. The third kappa shape index (κ3) is 3.46. The molecule has 0 bridgehead atoms. The molecule has 1 aromatic heterocycles. The first-order valence-corrected chi connectivity index (χ1v) is 8.63. The number of rotatable bonds is 5. The summed E-state index contributed by atoms with van der Waals surface area (Å²) in [5, 5.41) is 0. The Morgan fingerprint density at radius 3 is 2.65 bits per heavy atom. The minimum absolute atomic E-state index is 0.193. The van der Waals surface area contributed by atoms with Crippen LogP contribution < -0.4 is 0 Å². The van der Waals surface area contributed by atoms with Gasteiger partial charge < -0.3 is 9.47 Å². The summed E-state index contributed by atoms with van der Waals surface area (Å²) in [6, 6.07) is 2.40. The molecule has 1 saturated carbocycles. The van der Waals surface area contributed by atoms with E-state index in [4.69, 9.17) is 0 Å². The number of carbonyl (C=O) groups is 1. The molecule has 1 aliphatic carbocycles. The fourth-order valence-corrected chi connectivity index (χ4v) is 3.65. The Morgan fingerprint density at radius 1 is 1.35 bits per heavy atom. The molecule has 1 aliphatic rings. The Labute approximate surface area is 130 Å². The van der Waals surface area contributed by atoms with Crippen LogP contribution in [-0.2, 0) is 6.54 Å². The molecule has 0 atom stereocenters. The Kier molecular flexibility index (Phi) is 5.70. The van der Waals surface area contributed by atoms with Crippen molar-refractivity contribution in [3.63, 3.8) is 0 Å². The summed E-state index contributed by atoms with van der Waals surface area (Å²) < 4.78 is 3.08. The van der Waals surface area contributed by atoms with E-state index in [2.05, 4.69) is 39.2 Å². The second-order valence-corrected chi connectivity index (χ2v) is 6.54. The van der Waals surface area contributed by atoms with Crippen molar-refractivity contribution in [1.29, 1.82) is 0 Å². The molecule has 1 heterocycles. The lowest BCUT2D eigenvalue weighted by atomic mass is 9.94. The molecule has 0 aliphatic heterocycles. The molecular formula is C16H25BrN2O. The van der Waals surface area contributed by atoms with Gasteiger partial charge in [-0.3, -0.25) is 4.79 Å². The molecule has 0 N–H and O–H groups in total. The fraction of sp³-hybridized carbons (Fsp3) is 0.688. The van der Waals surface area contributed by atoms with E-state index in [-0.39, 0.29) is 5.91 Å². The average Bonchev–Trinajstić information content (AvgIpc) is 2.82. The summed E-state index contributed by atoms with van der Waals surface area (Å²) in [6.45, 7) is 5.93. The van der Waals surface area contributed by atoms with Crippen LogP contribution in [0.2, 0.25) is 0 Å². The molecular weight excluding hydrogens is 316 g/mol. The highest BCUT2D eigenvalue weighted by Gasteiger charge is 2.26. The number of amides is 1. The summed E-state index contributed by atoms with van der Waals surface area (Å²) in [5.74, 6) is 0.193. The maximum atomic E-state index is 12.9. The van der Waals surface area contributed by atoms with E-state index in [0.717, 1.165) is 42.5 Å². The van der Waals surface area contributed by atoms with Crippen molar-refractivity contribution >= 4 is 21.8 Å². The molecule has 1 amide bonds. The number of aryl methyl sites for hydroxylation is 1. The molecule has 0 aromatic carbocycles. The van der Waals surface area contributed by atoms with Crippen LogP contribution in [0.3, 0.4) is 0 Å². The van der Waals surface area contributed by atoms with E-state index < -0.39 is 0 Å². The zero-order valence-corrected chi connectivity index (χ0v) is 14.2. The van der Waals surface area contributed by atoms with Crippen LogP contribution in [0.1, 0.15) is 62.9 Å². The van der Waals surface area contributed by atoms with E-state index in [1.807, 2.05) is 12.3 Å². The van der Waals surface area contributed by atoms with Crippen LogP contribution in [-0.4, -0.2) is 28.0 Å². The van der Waals surface area contributed by atoms with Crippen molar-refractivity contribution < 1.29 is 4.79 Å². The van der Waals surface area contributed by atoms with E-state index in [1.54, 1.807) is 0 Å². The Hall–Kier alpha value is -0.770. The van der Waals surface area contributed by atoms with Gasteiger partial charge in [0.1, 0.15) is 5.69 Å². The first-order chi connectivity index (χ1) is 9.67. The van der Waals surface area contributed by atoms with E-state index in [1.165, 1.54) is 19.3 Å². The van der Waals surface area contributed by atoms with Crippen molar-refractivity contribution in [3.8, 4) is 0 Å². The van der Waals surface area contributed by atoms with Gasteiger partial charge >= 0.3 is 0 Å². The summed E-state index contributed by atoms with van der Waals surface area (Å²) in [5.41, 5.74) is 0.825. The fourth-order valence-electron chi connectivity index (χ4n) is 3.19. The molecule has 1 aromatic rings. The average molecular weight is 341 g/mol. The lowest BCUT2D eigenvalue weighted by Crippen LogP contribution is -2.42. The number of hydrogen-bond acceptors (Lipinski definition) is 1. The van der Waals surface area contributed by atoms with Crippen LogP contribution in [0.4, 0.5) is 0 Å². The molecule has 2 rings (SSSR count). The van der Waals surface area contributed by atoms with Gasteiger partial charge in [0.2, 0.25) is 0 Å². The van der Waals surface area contributed by atoms with Crippen LogP contribution in [0.5, 0.6) is 0 Å². The number of carbonyl (C=O) groups excluding carboxylic acids is 1. The molecule has 4 heteroatoms. The van der Waals surface area contributed by atoms with Crippen molar-refractivity contribution in [2.24, 2.45) is 0 Å². The van der Waals surface area contributed by atoms with E-state index in [9.17, 15) is 4.79 Å². The first-order valence-electron chi connectivity index (χ1n) is 7.84. The first kappa shape index (κ1) is 15.6. The maximum Gasteiger partial charge on any atom is 0.270 e. The quantitative estimate of drug-likeness (QED) is 0.776. The second kappa shape index (κ2) is 7.30. The van der Waals surface area contributed by atoms with Gasteiger partial charge in [0.05, 0.1) is 0 Å². The van der Waals surface area contributed by atoms with E-state index >= 15 is 0 Å². The lowest BCUT2D eigenvalue weighted by molar-refractivity contribution is 0.0636. The second-order valence-electron chi connectivity index (χ2n) is 5.62. The minimum atomic E-state index is 0.193. The van der Waals surface area contributed by atoms with Crippen LogP contribution >= 0.6 is 15.9 Å². The summed E-state index contributed by atoms with van der Waals surface area (Å²) >= 11 is 3.50. The van der Waals surface area contributed by atoms with Crippen molar-refractivity contribution in [1.82, 2.24) is 9.47 Å². The van der Waals surface area contributed by atoms with Crippen molar-refractivity contribution in [2.75, 3.05) is 6.54 Å². The largest absolute Gasteiger partial charge is 0.342 e. The van der Waals surface area contributed by atoms with Crippen molar-refractivity contribution in [2.45, 2.75) is 65.0 Å². The lowest BCUT2D eigenvalue weighted by Gasteiger charge is -2.33. The number of hydrogen-bond donors (Lipinski definition) is 0. The molecule has 0 saturated heterocycles. The molecule has 0 radical (unpaired) electrons. The van der Waals surface area contributed by atoms with Gasteiger partial charge in [0.15, 0.2) is 0 Å². The zero-order chi connectivity index (χ0) is 14.5. The van der Waals surface area contributed by atoms with E-state index in [0.29, 0.717) is 6.04 Å². The highest BCUT2D eigenvalue weighted by molar-refractivity contribution is 9.10. The predicted molar refractivity (Wildman–Crippen MR) is 86.0 cm³/mol. The van der Waals surface area contributed by atoms with Crippen LogP contribution in [0, 0.1) is 0 Å². The molecule has 0 spiro atoms. The van der Waals surface area contributed by atoms with Gasteiger partial charge in [0.25, 0.3) is 5.91 Å². The molecule has 1 fully saturated rings. The third-order valence-corrected chi connectivity index (χ3v) is 4.60. The Balaban J connectivity index is 2.19. The number of aromatic nitrogens is 1. The van der Waals surface area contributed by atoms with Crippen molar-refractivity contribution in [3.05, 3.63) is 22.4 Å². The van der Waals surface area contributed by atoms with Gasteiger partial charge in [0, 0.05) is 29.8 Å². The smallest absolute Gasteiger partial charge is 0.270 e. The molecule has 3 nitrogen and oxygen atoms in total.